The highest BCUT2D eigenvalue weighted by Crippen LogP contribution is 2.20. The molecule has 1 heterocycles. The van der Waals surface area contributed by atoms with E-state index in [1.807, 2.05) is 4.90 Å². The van der Waals surface area contributed by atoms with Crippen LogP contribution in [-0.4, -0.2) is 40.5 Å². The van der Waals surface area contributed by atoms with Gasteiger partial charge in [0.25, 0.3) is 0 Å². The van der Waals surface area contributed by atoms with Crippen LogP contribution < -0.4 is 5.32 Å². The van der Waals surface area contributed by atoms with E-state index in [9.17, 15) is 14.0 Å². The Morgan fingerprint density at radius 1 is 1.36 bits per heavy atom. The third-order valence-electron chi connectivity index (χ3n) is 3.94. The zero-order valence-electron chi connectivity index (χ0n) is 12.6. The molecule has 5 nitrogen and oxygen atoms in total. The Balaban J connectivity index is 2.02. The number of carbonyl (C=O) groups is 2. The van der Waals surface area contributed by atoms with Gasteiger partial charge in [0.2, 0.25) is 5.91 Å². The number of amides is 1. The van der Waals surface area contributed by atoms with E-state index in [-0.39, 0.29) is 17.8 Å². The van der Waals surface area contributed by atoms with Crippen molar-refractivity contribution < 1.29 is 19.1 Å². The number of piperidine rings is 1. The average molecular weight is 308 g/mol. The van der Waals surface area contributed by atoms with Gasteiger partial charge < -0.3 is 10.4 Å². The van der Waals surface area contributed by atoms with Crippen molar-refractivity contribution in [3.05, 3.63) is 35.6 Å². The summed E-state index contributed by atoms with van der Waals surface area (Å²) in [6.45, 7) is 2.78. The van der Waals surface area contributed by atoms with Gasteiger partial charge in [0, 0.05) is 6.54 Å². The van der Waals surface area contributed by atoms with Crippen LogP contribution in [-0.2, 0) is 16.1 Å². The van der Waals surface area contributed by atoms with Crippen LogP contribution in [0.25, 0.3) is 0 Å². The molecule has 1 aromatic rings. The number of carbonyl (C=O) groups excluding carboxylic acids is 1. The fourth-order valence-electron chi connectivity index (χ4n) is 2.67. The Bertz CT molecular complexity index is 533. The molecular weight excluding hydrogens is 287 g/mol. The summed E-state index contributed by atoms with van der Waals surface area (Å²) in [7, 11) is 0. The number of benzene rings is 1. The highest BCUT2D eigenvalue weighted by atomic mass is 19.1. The number of hydrogen-bond donors (Lipinski definition) is 2. The zero-order chi connectivity index (χ0) is 16.1. The molecule has 6 heteroatoms. The number of hydrogen-bond acceptors (Lipinski definition) is 3. The number of carboxylic acid groups (broad SMARTS) is 1. The lowest BCUT2D eigenvalue weighted by Gasteiger charge is -2.35. The standard InChI is InChI=1S/C16H21FN2O3/c1-11(16(21)22)18-15(20)14-4-2-3-9-19(14)10-12-5-7-13(17)8-6-12/h5-8,11,14H,2-4,9-10H2,1H3,(H,18,20)(H,21,22)/t11-,14-/m0/s1. The number of aliphatic carboxylic acids is 1. The highest BCUT2D eigenvalue weighted by Gasteiger charge is 2.30. The van der Waals surface area contributed by atoms with Crippen LogP contribution in [0.3, 0.4) is 0 Å². The molecule has 0 aliphatic carbocycles. The molecule has 1 aliphatic heterocycles. The molecule has 0 bridgehead atoms. The number of rotatable bonds is 5. The molecule has 0 unspecified atom stereocenters. The maximum absolute atomic E-state index is 13.0. The third-order valence-corrected chi connectivity index (χ3v) is 3.94. The molecule has 1 amide bonds. The van der Waals surface area contributed by atoms with E-state index in [1.165, 1.54) is 19.1 Å². The van der Waals surface area contributed by atoms with E-state index >= 15 is 0 Å². The van der Waals surface area contributed by atoms with Gasteiger partial charge in [-0.2, -0.15) is 0 Å². The van der Waals surface area contributed by atoms with Crippen molar-refractivity contribution >= 4 is 11.9 Å². The van der Waals surface area contributed by atoms with E-state index < -0.39 is 12.0 Å². The fourth-order valence-corrected chi connectivity index (χ4v) is 2.67. The number of nitrogens with one attached hydrogen (secondary N) is 1. The first-order chi connectivity index (χ1) is 10.5. The molecule has 0 saturated carbocycles. The minimum absolute atomic E-state index is 0.253. The van der Waals surface area contributed by atoms with Crippen molar-refractivity contribution in [1.82, 2.24) is 10.2 Å². The van der Waals surface area contributed by atoms with E-state index in [2.05, 4.69) is 5.32 Å². The lowest BCUT2D eigenvalue weighted by atomic mass is 10.00. The maximum Gasteiger partial charge on any atom is 0.325 e. The molecule has 0 spiro atoms. The predicted molar refractivity (Wildman–Crippen MR) is 79.7 cm³/mol. The van der Waals surface area contributed by atoms with Crippen molar-refractivity contribution in [2.24, 2.45) is 0 Å². The average Bonchev–Trinajstić information content (AvgIpc) is 2.50. The highest BCUT2D eigenvalue weighted by molar-refractivity contribution is 5.86. The summed E-state index contributed by atoms with van der Waals surface area (Å²) in [5.74, 6) is -1.59. The molecule has 0 radical (unpaired) electrons. The second-order valence-corrected chi connectivity index (χ2v) is 5.68. The largest absolute Gasteiger partial charge is 0.480 e. The Labute approximate surface area is 129 Å². The molecule has 1 aromatic carbocycles. The first-order valence-electron chi connectivity index (χ1n) is 7.49. The summed E-state index contributed by atoms with van der Waals surface area (Å²) < 4.78 is 13.0. The molecule has 1 saturated heterocycles. The number of halogens is 1. The van der Waals surface area contributed by atoms with Gasteiger partial charge in [-0.1, -0.05) is 18.6 Å². The van der Waals surface area contributed by atoms with Crippen molar-refractivity contribution in [1.29, 1.82) is 0 Å². The monoisotopic (exact) mass is 308 g/mol. The topological polar surface area (TPSA) is 69.6 Å². The van der Waals surface area contributed by atoms with E-state index in [4.69, 9.17) is 5.11 Å². The summed E-state index contributed by atoms with van der Waals surface area (Å²) in [6.07, 6.45) is 2.65. The van der Waals surface area contributed by atoms with E-state index in [0.29, 0.717) is 13.0 Å². The Morgan fingerprint density at radius 2 is 2.05 bits per heavy atom. The van der Waals surface area contributed by atoms with Crippen molar-refractivity contribution in [2.75, 3.05) is 6.54 Å². The van der Waals surface area contributed by atoms with Crippen LogP contribution >= 0.6 is 0 Å². The van der Waals surface area contributed by atoms with Gasteiger partial charge in [0.15, 0.2) is 0 Å². The van der Waals surface area contributed by atoms with Gasteiger partial charge in [-0.25, -0.2) is 4.39 Å². The van der Waals surface area contributed by atoms with Gasteiger partial charge >= 0.3 is 5.97 Å². The summed E-state index contributed by atoms with van der Waals surface area (Å²) in [5.41, 5.74) is 0.937. The molecule has 1 aliphatic rings. The lowest BCUT2D eigenvalue weighted by molar-refractivity contribution is -0.142. The summed E-state index contributed by atoms with van der Waals surface area (Å²) >= 11 is 0. The van der Waals surface area contributed by atoms with Crippen LogP contribution in [0, 0.1) is 5.82 Å². The smallest absolute Gasteiger partial charge is 0.325 e. The van der Waals surface area contributed by atoms with Crippen LogP contribution in [0.15, 0.2) is 24.3 Å². The third kappa shape index (κ3) is 4.27. The van der Waals surface area contributed by atoms with Crippen molar-refractivity contribution in [3.8, 4) is 0 Å². The van der Waals surface area contributed by atoms with Gasteiger partial charge in [-0.05, 0) is 44.0 Å². The van der Waals surface area contributed by atoms with Gasteiger partial charge in [0.1, 0.15) is 11.9 Å². The van der Waals surface area contributed by atoms with Crippen LogP contribution in [0.5, 0.6) is 0 Å². The Hall–Kier alpha value is -1.95. The van der Waals surface area contributed by atoms with Gasteiger partial charge in [0.05, 0.1) is 6.04 Å². The first-order valence-corrected chi connectivity index (χ1v) is 7.49. The number of likely N-dealkylation sites (tertiary alicyclic amines) is 1. The van der Waals surface area contributed by atoms with E-state index in [1.54, 1.807) is 12.1 Å². The molecule has 2 N–H and O–H groups in total. The van der Waals surface area contributed by atoms with Crippen molar-refractivity contribution in [3.63, 3.8) is 0 Å². The minimum atomic E-state index is -1.05. The van der Waals surface area contributed by atoms with Crippen LogP contribution in [0.2, 0.25) is 0 Å². The second-order valence-electron chi connectivity index (χ2n) is 5.68. The van der Waals surface area contributed by atoms with Crippen LogP contribution in [0.4, 0.5) is 4.39 Å². The summed E-state index contributed by atoms with van der Waals surface area (Å²) in [4.78, 5) is 25.2. The Kier molecular flexibility index (Phi) is 5.49. The number of nitrogens with zero attached hydrogens (tertiary/aromatic N) is 1. The van der Waals surface area contributed by atoms with Crippen LogP contribution in [0.1, 0.15) is 31.7 Å². The molecule has 2 rings (SSSR count). The first kappa shape index (κ1) is 16.4. The predicted octanol–water partition coefficient (Wildman–Crippen LogP) is 1.77. The quantitative estimate of drug-likeness (QED) is 0.870. The molecular formula is C16H21FN2O3. The summed E-state index contributed by atoms with van der Waals surface area (Å²) in [6, 6.07) is 4.99. The van der Waals surface area contributed by atoms with E-state index in [0.717, 1.165) is 24.9 Å². The number of carboxylic acids is 1. The second kappa shape index (κ2) is 7.35. The van der Waals surface area contributed by atoms with Gasteiger partial charge in [-0.15, -0.1) is 0 Å². The fraction of sp³-hybridized carbons (Fsp3) is 0.500. The summed E-state index contributed by atoms with van der Waals surface area (Å²) in [5, 5.41) is 11.4. The maximum atomic E-state index is 13.0. The normalized spacial score (nSPS) is 20.4. The molecule has 22 heavy (non-hydrogen) atoms. The van der Waals surface area contributed by atoms with Gasteiger partial charge in [-0.3, -0.25) is 14.5 Å². The molecule has 2 atom stereocenters. The zero-order valence-corrected chi connectivity index (χ0v) is 12.6. The molecule has 1 fully saturated rings. The lowest BCUT2D eigenvalue weighted by Crippen LogP contribution is -2.52. The minimum Gasteiger partial charge on any atom is -0.480 e. The SMILES string of the molecule is C[C@H](NC(=O)[C@@H]1CCCCN1Cc1ccc(F)cc1)C(=O)O. The molecule has 0 aromatic heterocycles. The van der Waals surface area contributed by atoms with Crippen molar-refractivity contribution in [2.45, 2.75) is 44.8 Å². The Morgan fingerprint density at radius 3 is 2.68 bits per heavy atom. The molecule has 120 valence electrons.